The molecular weight excluding hydrogens is 330 g/mol. The molecule has 2 amide bonds. The number of hydrogen-bond acceptors (Lipinski definition) is 4. The van der Waals surface area contributed by atoms with E-state index in [0.717, 1.165) is 23.2 Å². The predicted molar refractivity (Wildman–Crippen MR) is 91.5 cm³/mol. The van der Waals surface area contributed by atoms with Crippen molar-refractivity contribution in [3.63, 3.8) is 0 Å². The Morgan fingerprint density at radius 1 is 1.46 bits per heavy atom. The molecule has 7 heteroatoms. The second-order valence-corrected chi connectivity index (χ2v) is 5.78. The van der Waals surface area contributed by atoms with Crippen molar-refractivity contribution < 1.29 is 14.3 Å². The third-order valence-electron chi connectivity index (χ3n) is 3.75. The normalized spacial score (nSPS) is 13.1. The second-order valence-electron chi connectivity index (χ2n) is 5.37. The molecule has 0 fully saturated rings. The van der Waals surface area contributed by atoms with Gasteiger partial charge < -0.3 is 20.1 Å². The number of pyridine rings is 1. The highest BCUT2D eigenvalue weighted by Crippen LogP contribution is 2.28. The molecule has 2 heterocycles. The molecule has 6 nitrogen and oxygen atoms in total. The molecule has 2 aromatic rings. The van der Waals surface area contributed by atoms with E-state index in [-0.39, 0.29) is 6.03 Å². The maximum atomic E-state index is 12.1. The number of para-hydroxylation sites is 1. The van der Waals surface area contributed by atoms with Gasteiger partial charge in [0.25, 0.3) is 0 Å². The quantitative estimate of drug-likeness (QED) is 0.891. The molecule has 24 heavy (non-hydrogen) atoms. The van der Waals surface area contributed by atoms with Crippen molar-refractivity contribution >= 4 is 23.3 Å². The van der Waals surface area contributed by atoms with Gasteiger partial charge in [-0.2, -0.15) is 0 Å². The fraction of sp³-hybridized carbons (Fsp3) is 0.294. The Bertz CT molecular complexity index is 752. The van der Waals surface area contributed by atoms with Crippen molar-refractivity contribution in [1.82, 2.24) is 10.3 Å². The molecule has 0 saturated carbocycles. The van der Waals surface area contributed by atoms with Gasteiger partial charge in [0, 0.05) is 29.8 Å². The Balaban J connectivity index is 1.61. The number of fused-ring (bicyclic) bond motifs is 1. The summed E-state index contributed by atoms with van der Waals surface area (Å²) in [6.07, 6.45) is 2.46. The Morgan fingerprint density at radius 2 is 2.33 bits per heavy atom. The molecular formula is C17H18ClN3O3. The number of anilines is 1. The molecule has 0 aliphatic carbocycles. The van der Waals surface area contributed by atoms with Crippen molar-refractivity contribution in [3.05, 3.63) is 52.3 Å². The number of carbonyl (C=O) groups excluding carboxylic acids is 1. The van der Waals surface area contributed by atoms with Crippen molar-refractivity contribution in [1.29, 1.82) is 0 Å². The number of benzene rings is 1. The molecule has 0 spiro atoms. The second kappa shape index (κ2) is 7.51. The molecule has 1 aromatic carbocycles. The molecule has 0 saturated heterocycles. The standard InChI is InChI=1S/C17H18ClN3O3/c1-23-16-11(3-2-4-14(16)18)8-20-17(22)21-13-7-12-10-24-6-5-15(12)19-9-13/h2-4,7,9H,5-6,8,10H2,1H3,(H2,20,21,22). The van der Waals surface area contributed by atoms with E-state index in [2.05, 4.69) is 15.6 Å². The van der Waals surface area contributed by atoms with Crippen LogP contribution in [0.3, 0.4) is 0 Å². The smallest absolute Gasteiger partial charge is 0.319 e. The first-order valence-corrected chi connectivity index (χ1v) is 7.97. The highest BCUT2D eigenvalue weighted by molar-refractivity contribution is 6.32. The molecule has 2 N–H and O–H groups in total. The third kappa shape index (κ3) is 3.77. The molecule has 126 valence electrons. The third-order valence-corrected chi connectivity index (χ3v) is 4.05. The number of halogens is 1. The van der Waals surface area contributed by atoms with Crippen LogP contribution in [-0.2, 0) is 24.3 Å². The zero-order valence-electron chi connectivity index (χ0n) is 13.3. The van der Waals surface area contributed by atoms with Gasteiger partial charge in [-0.05, 0) is 12.1 Å². The molecule has 0 unspecified atom stereocenters. The Kier molecular flexibility index (Phi) is 5.17. The van der Waals surface area contributed by atoms with Gasteiger partial charge in [0.05, 0.1) is 37.2 Å². The number of urea groups is 1. The number of rotatable bonds is 4. The molecule has 0 bridgehead atoms. The zero-order chi connectivity index (χ0) is 16.9. The van der Waals surface area contributed by atoms with Gasteiger partial charge in [-0.15, -0.1) is 0 Å². The van der Waals surface area contributed by atoms with Gasteiger partial charge in [-0.3, -0.25) is 4.98 Å². The van der Waals surface area contributed by atoms with E-state index in [1.807, 2.05) is 18.2 Å². The Labute approximate surface area is 145 Å². The summed E-state index contributed by atoms with van der Waals surface area (Å²) < 4.78 is 10.7. The van der Waals surface area contributed by atoms with Gasteiger partial charge in [0.15, 0.2) is 0 Å². The number of hydrogen-bond donors (Lipinski definition) is 2. The average Bonchev–Trinajstić information content (AvgIpc) is 2.60. The number of carbonyl (C=O) groups is 1. The summed E-state index contributed by atoms with van der Waals surface area (Å²) in [6.45, 7) is 1.52. The van der Waals surface area contributed by atoms with Crippen LogP contribution in [0.4, 0.5) is 10.5 Å². The minimum absolute atomic E-state index is 0.303. The van der Waals surface area contributed by atoms with Crippen LogP contribution >= 0.6 is 11.6 Å². The number of methoxy groups -OCH3 is 1. The topological polar surface area (TPSA) is 72.5 Å². The van der Waals surface area contributed by atoms with Crippen molar-refractivity contribution in [3.8, 4) is 5.75 Å². The summed E-state index contributed by atoms with van der Waals surface area (Å²) in [4.78, 5) is 16.5. The van der Waals surface area contributed by atoms with E-state index in [9.17, 15) is 4.79 Å². The molecule has 1 aromatic heterocycles. The lowest BCUT2D eigenvalue weighted by Gasteiger charge is -2.16. The van der Waals surface area contributed by atoms with Crippen LogP contribution in [0.25, 0.3) is 0 Å². The fourth-order valence-corrected chi connectivity index (χ4v) is 2.85. The van der Waals surface area contributed by atoms with Crippen LogP contribution in [0.2, 0.25) is 5.02 Å². The zero-order valence-corrected chi connectivity index (χ0v) is 14.0. The predicted octanol–water partition coefficient (Wildman–Crippen LogP) is 3.14. The lowest BCUT2D eigenvalue weighted by atomic mass is 10.1. The summed E-state index contributed by atoms with van der Waals surface area (Å²) in [7, 11) is 1.55. The van der Waals surface area contributed by atoms with Gasteiger partial charge in [-0.25, -0.2) is 4.79 Å². The van der Waals surface area contributed by atoms with Gasteiger partial charge in [-0.1, -0.05) is 23.7 Å². The largest absolute Gasteiger partial charge is 0.495 e. The van der Waals surface area contributed by atoms with E-state index in [1.165, 1.54) is 0 Å². The number of ether oxygens (including phenoxy) is 2. The maximum absolute atomic E-state index is 12.1. The van der Waals surface area contributed by atoms with Gasteiger partial charge in [0.2, 0.25) is 0 Å². The Morgan fingerprint density at radius 3 is 3.17 bits per heavy atom. The summed E-state index contributed by atoms with van der Waals surface area (Å²) in [5.74, 6) is 0.562. The highest BCUT2D eigenvalue weighted by Gasteiger charge is 2.13. The first-order valence-electron chi connectivity index (χ1n) is 7.59. The first-order chi connectivity index (χ1) is 11.7. The van der Waals surface area contributed by atoms with Crippen molar-refractivity contribution in [2.75, 3.05) is 19.0 Å². The lowest BCUT2D eigenvalue weighted by molar-refractivity contribution is 0.109. The average molecular weight is 348 g/mol. The minimum atomic E-state index is -0.324. The van der Waals surface area contributed by atoms with E-state index in [1.54, 1.807) is 19.4 Å². The summed E-state index contributed by atoms with van der Waals surface area (Å²) >= 11 is 6.07. The van der Waals surface area contributed by atoms with Crippen LogP contribution in [0.15, 0.2) is 30.5 Å². The fourth-order valence-electron chi connectivity index (χ4n) is 2.58. The van der Waals surface area contributed by atoms with Crippen LogP contribution in [0.1, 0.15) is 16.8 Å². The monoisotopic (exact) mass is 347 g/mol. The summed E-state index contributed by atoms with van der Waals surface area (Å²) in [5, 5.41) is 6.06. The lowest BCUT2D eigenvalue weighted by Crippen LogP contribution is -2.28. The van der Waals surface area contributed by atoms with Gasteiger partial charge in [0.1, 0.15) is 5.75 Å². The molecule has 1 aliphatic heterocycles. The first kappa shape index (κ1) is 16.5. The van der Waals surface area contributed by atoms with E-state index in [4.69, 9.17) is 21.1 Å². The van der Waals surface area contributed by atoms with Crippen LogP contribution in [0, 0.1) is 0 Å². The maximum Gasteiger partial charge on any atom is 0.319 e. The highest BCUT2D eigenvalue weighted by atomic mass is 35.5. The number of aromatic nitrogens is 1. The Hall–Kier alpha value is -2.31. The van der Waals surface area contributed by atoms with Crippen molar-refractivity contribution in [2.45, 2.75) is 19.6 Å². The summed E-state index contributed by atoms with van der Waals surface area (Å²) in [6, 6.07) is 6.97. The van der Waals surface area contributed by atoms with E-state index >= 15 is 0 Å². The number of nitrogens with zero attached hydrogens (tertiary/aromatic N) is 1. The molecule has 1 aliphatic rings. The SMILES string of the molecule is COc1c(Cl)cccc1CNC(=O)Nc1cnc2c(c1)COCC2. The summed E-state index contributed by atoms with van der Waals surface area (Å²) in [5.41, 5.74) is 3.47. The minimum Gasteiger partial charge on any atom is -0.495 e. The van der Waals surface area contributed by atoms with E-state index < -0.39 is 0 Å². The molecule has 0 radical (unpaired) electrons. The van der Waals surface area contributed by atoms with E-state index in [0.29, 0.717) is 36.2 Å². The van der Waals surface area contributed by atoms with Gasteiger partial charge >= 0.3 is 6.03 Å². The number of amides is 2. The molecule has 3 rings (SSSR count). The van der Waals surface area contributed by atoms with Crippen LogP contribution in [0.5, 0.6) is 5.75 Å². The van der Waals surface area contributed by atoms with Crippen LogP contribution < -0.4 is 15.4 Å². The van der Waals surface area contributed by atoms with Crippen LogP contribution in [-0.4, -0.2) is 24.7 Å². The molecule has 0 atom stereocenters. The number of nitrogens with one attached hydrogen (secondary N) is 2. The van der Waals surface area contributed by atoms with Crippen molar-refractivity contribution in [2.24, 2.45) is 0 Å².